The van der Waals surface area contributed by atoms with Crippen LogP contribution in [0.1, 0.15) is 0 Å². The molecule has 0 saturated carbocycles. The van der Waals surface area contributed by atoms with Crippen molar-refractivity contribution in [3.8, 4) is 0 Å². The van der Waals surface area contributed by atoms with Crippen molar-refractivity contribution in [3.05, 3.63) is 0 Å². The molecule has 1 saturated heterocycles. The molecule has 0 aromatic rings. The second kappa shape index (κ2) is 2.44. The van der Waals surface area contributed by atoms with E-state index in [2.05, 4.69) is 10.6 Å². The molecule has 0 spiro atoms. The van der Waals surface area contributed by atoms with Crippen LogP contribution in [-0.4, -0.2) is 33.0 Å². The van der Waals surface area contributed by atoms with Crippen LogP contribution in [0.4, 0.5) is 0 Å². The summed E-state index contributed by atoms with van der Waals surface area (Å²) in [6, 6.07) is 0. The van der Waals surface area contributed by atoms with Gasteiger partial charge in [-0.15, -0.1) is 0 Å². The second-order valence-electron chi connectivity index (χ2n) is 1.94. The summed E-state index contributed by atoms with van der Waals surface area (Å²) in [7, 11) is 3.83. The molecular formula is C5H12N2O. The second-order valence-corrected chi connectivity index (χ2v) is 1.94. The zero-order valence-electron chi connectivity index (χ0n) is 5.27. The predicted molar refractivity (Wildman–Crippen MR) is 31.6 cm³/mol. The van der Waals surface area contributed by atoms with Crippen LogP contribution in [-0.2, 0) is 4.74 Å². The van der Waals surface area contributed by atoms with Gasteiger partial charge in [-0.2, -0.15) is 0 Å². The fourth-order valence-corrected chi connectivity index (χ4v) is 0.753. The summed E-state index contributed by atoms with van der Waals surface area (Å²) in [5.41, 5.74) is 0. The van der Waals surface area contributed by atoms with Gasteiger partial charge in [-0.3, -0.25) is 5.32 Å². The molecule has 0 amide bonds. The quantitative estimate of drug-likeness (QED) is 0.472. The molecule has 0 bridgehead atoms. The molecule has 1 rings (SSSR count). The lowest BCUT2D eigenvalue weighted by Crippen LogP contribution is -2.21. The number of likely N-dealkylation sites (N-methyl/N-ethyl adjacent to an activating group) is 2. The molecule has 2 unspecified atom stereocenters. The minimum atomic E-state index is 0.308. The van der Waals surface area contributed by atoms with Crippen LogP contribution in [0.2, 0.25) is 0 Å². The Balaban J connectivity index is 1.99. The van der Waals surface area contributed by atoms with E-state index in [1.807, 2.05) is 14.1 Å². The summed E-state index contributed by atoms with van der Waals surface area (Å²) >= 11 is 0. The highest BCUT2D eigenvalue weighted by atomic mass is 16.6. The molecule has 2 N–H and O–H groups in total. The summed E-state index contributed by atoms with van der Waals surface area (Å²) in [6.45, 7) is 0.950. The van der Waals surface area contributed by atoms with Crippen molar-refractivity contribution in [2.45, 2.75) is 12.3 Å². The summed E-state index contributed by atoms with van der Waals surface area (Å²) in [4.78, 5) is 0. The van der Waals surface area contributed by atoms with E-state index in [1.54, 1.807) is 0 Å². The number of hydrogen-bond acceptors (Lipinski definition) is 3. The lowest BCUT2D eigenvalue weighted by molar-refractivity contribution is 0.351. The Hall–Kier alpha value is -0.120. The fourth-order valence-electron chi connectivity index (χ4n) is 0.753. The highest BCUT2D eigenvalue weighted by Crippen LogP contribution is 2.16. The Morgan fingerprint density at radius 3 is 2.62 bits per heavy atom. The maximum atomic E-state index is 5.13. The summed E-state index contributed by atoms with van der Waals surface area (Å²) in [5, 5.41) is 6.04. The van der Waals surface area contributed by atoms with Crippen molar-refractivity contribution in [2.24, 2.45) is 0 Å². The van der Waals surface area contributed by atoms with Gasteiger partial charge in [-0.05, 0) is 14.1 Å². The van der Waals surface area contributed by atoms with E-state index >= 15 is 0 Å². The first-order chi connectivity index (χ1) is 3.88. The first-order valence-electron chi connectivity index (χ1n) is 2.86. The van der Waals surface area contributed by atoms with Crippen molar-refractivity contribution in [2.75, 3.05) is 20.6 Å². The third-order valence-corrected chi connectivity index (χ3v) is 1.27. The maximum absolute atomic E-state index is 5.13. The highest BCUT2D eigenvalue weighted by molar-refractivity contribution is 4.82. The highest BCUT2D eigenvalue weighted by Gasteiger charge is 2.36. The molecule has 48 valence electrons. The van der Waals surface area contributed by atoms with E-state index in [1.165, 1.54) is 0 Å². The third kappa shape index (κ3) is 1.18. The van der Waals surface area contributed by atoms with Crippen LogP contribution in [0.3, 0.4) is 0 Å². The number of nitrogens with one attached hydrogen (secondary N) is 2. The van der Waals surface area contributed by atoms with Crippen LogP contribution in [0, 0.1) is 0 Å². The van der Waals surface area contributed by atoms with Crippen molar-refractivity contribution in [1.29, 1.82) is 0 Å². The average molecular weight is 116 g/mol. The Morgan fingerprint density at radius 2 is 2.25 bits per heavy atom. The predicted octanol–water partition coefficient (Wildman–Crippen LogP) is -0.850. The van der Waals surface area contributed by atoms with Crippen LogP contribution < -0.4 is 10.6 Å². The van der Waals surface area contributed by atoms with Gasteiger partial charge in [0.1, 0.15) is 12.3 Å². The van der Waals surface area contributed by atoms with Gasteiger partial charge in [0.25, 0.3) is 0 Å². The number of rotatable bonds is 3. The van der Waals surface area contributed by atoms with E-state index in [0.717, 1.165) is 6.54 Å². The van der Waals surface area contributed by atoms with E-state index in [9.17, 15) is 0 Å². The molecule has 1 fully saturated rings. The van der Waals surface area contributed by atoms with Crippen molar-refractivity contribution < 1.29 is 4.74 Å². The largest absolute Gasteiger partial charge is 0.352 e. The van der Waals surface area contributed by atoms with Gasteiger partial charge in [0.15, 0.2) is 0 Å². The van der Waals surface area contributed by atoms with E-state index in [0.29, 0.717) is 12.3 Å². The summed E-state index contributed by atoms with van der Waals surface area (Å²) < 4.78 is 5.13. The topological polar surface area (TPSA) is 36.6 Å². The first kappa shape index (κ1) is 6.01. The van der Waals surface area contributed by atoms with E-state index in [4.69, 9.17) is 4.74 Å². The molecule has 1 aliphatic heterocycles. The molecule has 0 aromatic heterocycles. The van der Waals surface area contributed by atoms with E-state index in [-0.39, 0.29) is 0 Å². The molecule has 1 aliphatic rings. The maximum Gasteiger partial charge on any atom is 0.136 e. The monoisotopic (exact) mass is 116 g/mol. The molecule has 3 nitrogen and oxygen atoms in total. The number of ether oxygens (including phenoxy) is 1. The first-order valence-corrected chi connectivity index (χ1v) is 2.86. The Morgan fingerprint density at radius 1 is 1.50 bits per heavy atom. The van der Waals surface area contributed by atoms with Crippen LogP contribution in [0.15, 0.2) is 0 Å². The fraction of sp³-hybridized carbons (Fsp3) is 1.00. The average Bonchev–Trinajstić information content (AvgIpc) is 2.48. The zero-order chi connectivity index (χ0) is 5.98. The van der Waals surface area contributed by atoms with Crippen molar-refractivity contribution >= 4 is 0 Å². The third-order valence-electron chi connectivity index (χ3n) is 1.27. The van der Waals surface area contributed by atoms with Gasteiger partial charge in [-0.1, -0.05) is 0 Å². The van der Waals surface area contributed by atoms with Gasteiger partial charge in [0.05, 0.1) is 0 Å². The number of epoxide rings is 1. The Bertz CT molecular complexity index is 76.8. The molecule has 3 heteroatoms. The molecule has 0 aliphatic carbocycles. The normalized spacial score (nSPS) is 35.2. The van der Waals surface area contributed by atoms with Crippen LogP contribution in [0.5, 0.6) is 0 Å². The van der Waals surface area contributed by atoms with Crippen molar-refractivity contribution in [1.82, 2.24) is 10.6 Å². The Labute approximate surface area is 49.4 Å². The van der Waals surface area contributed by atoms with Gasteiger partial charge < -0.3 is 10.1 Å². The summed E-state index contributed by atoms with van der Waals surface area (Å²) in [6.07, 6.45) is 0.715. The molecule has 0 radical (unpaired) electrons. The minimum Gasteiger partial charge on any atom is -0.352 e. The van der Waals surface area contributed by atoms with E-state index < -0.39 is 0 Å². The molecule has 1 heterocycles. The molecule has 2 atom stereocenters. The lowest BCUT2D eigenvalue weighted by Gasteiger charge is -1.88. The summed E-state index contributed by atoms with van der Waals surface area (Å²) in [5.74, 6) is 0. The zero-order valence-corrected chi connectivity index (χ0v) is 5.27. The van der Waals surface area contributed by atoms with Gasteiger partial charge in [0, 0.05) is 6.54 Å². The van der Waals surface area contributed by atoms with Crippen LogP contribution in [0.25, 0.3) is 0 Å². The smallest absolute Gasteiger partial charge is 0.136 e. The van der Waals surface area contributed by atoms with Gasteiger partial charge in [-0.25, -0.2) is 0 Å². The SMILES string of the molecule is CNCC1OC1NC. The van der Waals surface area contributed by atoms with Crippen LogP contribution >= 0.6 is 0 Å². The van der Waals surface area contributed by atoms with Crippen molar-refractivity contribution in [3.63, 3.8) is 0 Å². The van der Waals surface area contributed by atoms with Gasteiger partial charge >= 0.3 is 0 Å². The molecule has 0 aromatic carbocycles. The lowest BCUT2D eigenvalue weighted by atomic mass is 10.4. The van der Waals surface area contributed by atoms with Gasteiger partial charge in [0.2, 0.25) is 0 Å². The standard InChI is InChI=1S/C5H12N2O/c1-6-3-4-5(7-2)8-4/h4-7H,3H2,1-2H3. The minimum absolute atomic E-state index is 0.308. The molecule has 8 heavy (non-hydrogen) atoms. The molecular weight excluding hydrogens is 104 g/mol. The Kier molecular flexibility index (Phi) is 1.83. The number of hydrogen-bond donors (Lipinski definition) is 2.